The number of nitrogen functional groups attached to an aromatic ring is 1. The van der Waals surface area contributed by atoms with Gasteiger partial charge in [0.15, 0.2) is 6.61 Å². The molecule has 7 heteroatoms. The second-order valence-electron chi connectivity index (χ2n) is 4.11. The van der Waals surface area contributed by atoms with Crippen molar-refractivity contribution in [1.29, 1.82) is 0 Å². The van der Waals surface area contributed by atoms with E-state index in [1.165, 1.54) is 12.3 Å². The Bertz CT molecular complexity index is 659. The molecule has 2 heterocycles. The van der Waals surface area contributed by atoms with Gasteiger partial charge in [-0.15, -0.1) is 0 Å². The third kappa shape index (κ3) is 3.93. The Hall–Kier alpha value is -3.09. The van der Waals surface area contributed by atoms with Crippen LogP contribution in [-0.4, -0.2) is 28.6 Å². The van der Waals surface area contributed by atoms with Gasteiger partial charge in [0.2, 0.25) is 0 Å². The summed E-state index contributed by atoms with van der Waals surface area (Å²) in [5, 5.41) is 11.0. The maximum atomic E-state index is 10.9. The Morgan fingerprint density at radius 3 is 2.76 bits per heavy atom. The average molecular weight is 287 g/mol. The van der Waals surface area contributed by atoms with Crippen LogP contribution in [0, 0.1) is 0 Å². The first-order valence-electron chi connectivity index (χ1n) is 6.03. The Morgan fingerprint density at radius 2 is 2.14 bits per heavy atom. The van der Waals surface area contributed by atoms with Crippen molar-refractivity contribution < 1.29 is 19.4 Å². The van der Waals surface area contributed by atoms with E-state index < -0.39 is 5.97 Å². The number of aromatic carboxylic acids is 1. The molecule has 4 N–H and O–H groups in total. The van der Waals surface area contributed by atoms with E-state index in [9.17, 15) is 9.59 Å². The smallest absolute Gasteiger partial charge is 0.354 e. The largest absolute Gasteiger partial charge is 0.482 e. The van der Waals surface area contributed by atoms with E-state index in [0.717, 1.165) is 0 Å². The van der Waals surface area contributed by atoms with Crippen molar-refractivity contribution in [3.05, 3.63) is 48.3 Å². The highest BCUT2D eigenvalue weighted by Gasteiger charge is 2.14. The number of pyridine rings is 1. The number of fused-ring (bicyclic) bond motifs is 1. The molecule has 108 valence electrons. The number of anilines is 2. The Kier molecular flexibility index (Phi) is 4.35. The van der Waals surface area contributed by atoms with Gasteiger partial charge in [-0.05, 0) is 30.3 Å². The average Bonchev–Trinajstić information content (AvgIpc) is 2.48. The highest BCUT2D eigenvalue weighted by molar-refractivity contribution is 5.95. The van der Waals surface area contributed by atoms with Crippen molar-refractivity contribution in [2.45, 2.75) is 0 Å². The van der Waals surface area contributed by atoms with Gasteiger partial charge in [0.25, 0.3) is 5.91 Å². The van der Waals surface area contributed by atoms with Crippen LogP contribution in [0.1, 0.15) is 10.5 Å². The molecule has 0 fully saturated rings. The van der Waals surface area contributed by atoms with Gasteiger partial charge in [0.1, 0.15) is 11.4 Å². The minimum Gasteiger partial charge on any atom is -0.482 e. The predicted molar refractivity (Wildman–Crippen MR) is 76.2 cm³/mol. The number of hydrogen-bond acceptors (Lipinski definition) is 5. The predicted octanol–water partition coefficient (Wildman–Crippen LogP) is 1.38. The lowest BCUT2D eigenvalue weighted by Gasteiger charge is -2.17. The summed E-state index contributed by atoms with van der Waals surface area (Å²) in [4.78, 5) is 24.6. The summed E-state index contributed by atoms with van der Waals surface area (Å²) in [5.74, 6) is -0.465. The van der Waals surface area contributed by atoms with Crippen molar-refractivity contribution >= 4 is 23.3 Å². The SMILES string of the molecule is Nc1ccc2c(c1)NC(=O)CO2.O=C(O)c1ccccn1. The van der Waals surface area contributed by atoms with Crippen LogP contribution in [-0.2, 0) is 4.79 Å². The molecule has 0 unspecified atom stereocenters. The van der Waals surface area contributed by atoms with E-state index in [1.54, 1.807) is 30.3 Å². The molecular weight excluding hydrogens is 274 g/mol. The van der Waals surface area contributed by atoms with Gasteiger partial charge in [0, 0.05) is 11.9 Å². The molecule has 0 aliphatic carbocycles. The number of carboxylic acids is 1. The zero-order valence-electron chi connectivity index (χ0n) is 10.9. The van der Waals surface area contributed by atoms with Gasteiger partial charge in [0.05, 0.1) is 5.69 Å². The van der Waals surface area contributed by atoms with Gasteiger partial charge < -0.3 is 20.9 Å². The van der Waals surface area contributed by atoms with Gasteiger partial charge in [-0.1, -0.05) is 6.07 Å². The number of aromatic nitrogens is 1. The summed E-state index contributed by atoms with van der Waals surface area (Å²) in [5.41, 5.74) is 6.86. The van der Waals surface area contributed by atoms with Crippen LogP contribution >= 0.6 is 0 Å². The third-order valence-electron chi connectivity index (χ3n) is 2.52. The maximum Gasteiger partial charge on any atom is 0.354 e. The lowest BCUT2D eigenvalue weighted by molar-refractivity contribution is -0.118. The second kappa shape index (κ2) is 6.38. The summed E-state index contributed by atoms with van der Waals surface area (Å²) < 4.78 is 5.12. The molecule has 0 saturated carbocycles. The summed E-state index contributed by atoms with van der Waals surface area (Å²) in [6.07, 6.45) is 1.45. The van der Waals surface area contributed by atoms with Crippen molar-refractivity contribution in [3.8, 4) is 5.75 Å². The molecule has 1 aromatic carbocycles. The van der Waals surface area contributed by atoms with Gasteiger partial charge in [-0.25, -0.2) is 9.78 Å². The van der Waals surface area contributed by atoms with Crippen LogP contribution in [0.25, 0.3) is 0 Å². The summed E-state index contributed by atoms with van der Waals surface area (Å²) in [6.45, 7) is 0.0803. The van der Waals surface area contributed by atoms with Crippen LogP contribution < -0.4 is 15.8 Å². The van der Waals surface area contributed by atoms with Crippen LogP contribution in [0.5, 0.6) is 5.75 Å². The molecule has 0 atom stereocenters. The fourth-order valence-electron chi connectivity index (χ4n) is 1.59. The number of carboxylic acid groups (broad SMARTS) is 1. The molecule has 0 radical (unpaired) electrons. The van der Waals surface area contributed by atoms with E-state index in [4.69, 9.17) is 15.6 Å². The number of hydrogen-bond donors (Lipinski definition) is 3. The normalized spacial score (nSPS) is 12.1. The molecule has 0 bridgehead atoms. The standard InChI is InChI=1S/C8H8N2O2.C6H5NO2/c9-5-1-2-7-6(3-5)10-8(11)4-12-7;8-6(9)5-3-1-2-4-7-5/h1-3H,4,9H2,(H,10,11);1-4H,(H,8,9). The number of carbonyl (C=O) groups excluding carboxylic acids is 1. The van der Waals surface area contributed by atoms with E-state index in [-0.39, 0.29) is 18.2 Å². The molecule has 1 amide bonds. The number of amides is 1. The third-order valence-corrected chi connectivity index (χ3v) is 2.52. The molecule has 3 rings (SSSR count). The number of nitrogens with zero attached hydrogens (tertiary/aromatic N) is 1. The van der Waals surface area contributed by atoms with E-state index in [1.807, 2.05) is 0 Å². The van der Waals surface area contributed by atoms with Gasteiger partial charge in [-0.3, -0.25) is 4.79 Å². The zero-order chi connectivity index (χ0) is 15.2. The highest BCUT2D eigenvalue weighted by atomic mass is 16.5. The highest BCUT2D eigenvalue weighted by Crippen LogP contribution is 2.28. The first-order valence-corrected chi connectivity index (χ1v) is 6.03. The number of ether oxygens (including phenoxy) is 1. The minimum absolute atomic E-state index is 0.0803. The Balaban J connectivity index is 0.000000161. The Morgan fingerprint density at radius 1 is 1.33 bits per heavy atom. The number of rotatable bonds is 1. The summed E-state index contributed by atoms with van der Waals surface area (Å²) in [6, 6.07) is 9.90. The van der Waals surface area contributed by atoms with Crippen LogP contribution in [0.3, 0.4) is 0 Å². The monoisotopic (exact) mass is 287 g/mol. The van der Waals surface area contributed by atoms with Gasteiger partial charge in [-0.2, -0.15) is 0 Å². The lowest BCUT2D eigenvalue weighted by atomic mass is 10.2. The van der Waals surface area contributed by atoms with Gasteiger partial charge >= 0.3 is 5.97 Å². The van der Waals surface area contributed by atoms with Crippen molar-refractivity contribution in [2.75, 3.05) is 17.7 Å². The Labute approximate surface area is 120 Å². The van der Waals surface area contributed by atoms with E-state index in [2.05, 4.69) is 10.3 Å². The molecule has 21 heavy (non-hydrogen) atoms. The lowest BCUT2D eigenvalue weighted by Crippen LogP contribution is -2.25. The fraction of sp³-hybridized carbons (Fsp3) is 0.0714. The van der Waals surface area contributed by atoms with E-state index in [0.29, 0.717) is 17.1 Å². The quantitative estimate of drug-likeness (QED) is 0.683. The summed E-state index contributed by atoms with van der Waals surface area (Å²) in [7, 11) is 0. The van der Waals surface area contributed by atoms with Crippen LogP contribution in [0.4, 0.5) is 11.4 Å². The molecule has 1 aliphatic heterocycles. The molecule has 7 nitrogen and oxygen atoms in total. The van der Waals surface area contributed by atoms with Crippen LogP contribution in [0.2, 0.25) is 0 Å². The zero-order valence-corrected chi connectivity index (χ0v) is 10.9. The molecule has 0 spiro atoms. The molecular formula is C14H13N3O4. The second-order valence-corrected chi connectivity index (χ2v) is 4.11. The number of nitrogens with one attached hydrogen (secondary N) is 1. The molecule has 1 aromatic heterocycles. The van der Waals surface area contributed by atoms with Crippen molar-refractivity contribution in [3.63, 3.8) is 0 Å². The number of benzene rings is 1. The minimum atomic E-state index is -0.990. The molecule has 0 saturated heterocycles. The topological polar surface area (TPSA) is 115 Å². The summed E-state index contributed by atoms with van der Waals surface area (Å²) >= 11 is 0. The number of nitrogens with two attached hydrogens (primary N) is 1. The van der Waals surface area contributed by atoms with Crippen molar-refractivity contribution in [1.82, 2.24) is 4.98 Å². The first-order chi connectivity index (χ1) is 10.1. The fourth-order valence-corrected chi connectivity index (χ4v) is 1.59. The number of carbonyl (C=O) groups is 2. The van der Waals surface area contributed by atoms with E-state index >= 15 is 0 Å². The van der Waals surface area contributed by atoms with Crippen molar-refractivity contribution in [2.24, 2.45) is 0 Å². The maximum absolute atomic E-state index is 10.9. The first kappa shape index (κ1) is 14.3. The van der Waals surface area contributed by atoms with Crippen LogP contribution in [0.15, 0.2) is 42.6 Å². The molecule has 2 aromatic rings. The molecule has 1 aliphatic rings.